The minimum absolute atomic E-state index is 0.0433. The van der Waals surface area contributed by atoms with Crippen LogP contribution in [0.2, 0.25) is 0 Å². The van der Waals surface area contributed by atoms with Crippen molar-refractivity contribution in [2.45, 2.75) is 19.0 Å². The van der Waals surface area contributed by atoms with E-state index in [4.69, 9.17) is 10.2 Å². The summed E-state index contributed by atoms with van der Waals surface area (Å²) in [6, 6.07) is 5.68. The number of nitro groups is 1. The molecule has 0 aliphatic rings. The van der Waals surface area contributed by atoms with Crippen molar-refractivity contribution in [1.82, 2.24) is 5.32 Å². The number of rotatable bonds is 6. The van der Waals surface area contributed by atoms with Gasteiger partial charge < -0.3 is 15.5 Å². The molecule has 0 bridgehead atoms. The lowest BCUT2D eigenvalue weighted by Gasteiger charge is -2.20. The second-order valence-corrected chi connectivity index (χ2v) is 3.80. The maximum Gasteiger partial charge on any atom is 0.269 e. The molecular weight excluding hydrogens is 224 g/mol. The Bertz CT molecular complexity index is 362. The molecule has 1 atom stereocenters. The van der Waals surface area contributed by atoms with Crippen LogP contribution >= 0.6 is 0 Å². The van der Waals surface area contributed by atoms with Crippen LogP contribution < -0.4 is 5.32 Å². The van der Waals surface area contributed by atoms with Gasteiger partial charge in [0.25, 0.3) is 5.69 Å². The molecule has 17 heavy (non-hydrogen) atoms. The maximum atomic E-state index is 10.5. The molecule has 1 unspecified atom stereocenters. The molecule has 1 aromatic carbocycles. The highest BCUT2D eigenvalue weighted by molar-refractivity contribution is 5.34. The van der Waals surface area contributed by atoms with E-state index in [0.717, 1.165) is 5.56 Å². The van der Waals surface area contributed by atoms with Gasteiger partial charge in [0.05, 0.1) is 24.2 Å². The molecule has 0 saturated heterocycles. The lowest BCUT2D eigenvalue weighted by atomic mass is 10.1. The second-order valence-electron chi connectivity index (χ2n) is 3.80. The molecule has 0 spiro atoms. The first-order valence-electron chi connectivity index (χ1n) is 5.30. The topological polar surface area (TPSA) is 95.6 Å². The highest BCUT2D eigenvalue weighted by atomic mass is 16.6. The van der Waals surface area contributed by atoms with Crippen LogP contribution in [-0.2, 0) is 0 Å². The third-order valence-electron chi connectivity index (χ3n) is 2.53. The van der Waals surface area contributed by atoms with E-state index in [9.17, 15) is 10.1 Å². The van der Waals surface area contributed by atoms with Crippen molar-refractivity contribution >= 4 is 5.69 Å². The molecule has 0 aliphatic heterocycles. The van der Waals surface area contributed by atoms with Gasteiger partial charge in [-0.15, -0.1) is 0 Å². The van der Waals surface area contributed by atoms with Crippen LogP contribution in [0.1, 0.15) is 18.5 Å². The van der Waals surface area contributed by atoms with Gasteiger partial charge in [-0.05, 0) is 12.5 Å². The van der Waals surface area contributed by atoms with Gasteiger partial charge in [-0.3, -0.25) is 10.1 Å². The van der Waals surface area contributed by atoms with Crippen molar-refractivity contribution in [2.75, 3.05) is 13.2 Å². The zero-order chi connectivity index (χ0) is 12.8. The molecular formula is C11H16N2O4. The highest BCUT2D eigenvalue weighted by Gasteiger charge is 2.12. The fourth-order valence-electron chi connectivity index (χ4n) is 1.50. The molecule has 0 radical (unpaired) electrons. The van der Waals surface area contributed by atoms with Crippen molar-refractivity contribution in [3.05, 3.63) is 39.9 Å². The Labute approximate surface area is 99.0 Å². The minimum atomic E-state index is -0.452. The second kappa shape index (κ2) is 6.29. The van der Waals surface area contributed by atoms with Crippen LogP contribution in [-0.4, -0.2) is 34.4 Å². The van der Waals surface area contributed by atoms with Gasteiger partial charge in [0.2, 0.25) is 0 Å². The van der Waals surface area contributed by atoms with E-state index in [1.54, 1.807) is 12.1 Å². The number of benzene rings is 1. The van der Waals surface area contributed by atoms with Crippen LogP contribution in [0.25, 0.3) is 0 Å². The molecule has 94 valence electrons. The summed E-state index contributed by atoms with van der Waals surface area (Å²) >= 11 is 0. The minimum Gasteiger partial charge on any atom is -0.395 e. The van der Waals surface area contributed by atoms with Crippen LogP contribution in [0.4, 0.5) is 5.69 Å². The summed E-state index contributed by atoms with van der Waals surface area (Å²) in [7, 11) is 0. The fraction of sp³-hybridized carbons (Fsp3) is 0.455. The molecule has 1 rings (SSSR count). The lowest BCUT2D eigenvalue weighted by Crippen LogP contribution is -2.37. The average Bonchev–Trinajstić information content (AvgIpc) is 2.35. The summed E-state index contributed by atoms with van der Waals surface area (Å²) in [5.41, 5.74) is 0.907. The third-order valence-corrected chi connectivity index (χ3v) is 2.53. The zero-order valence-corrected chi connectivity index (χ0v) is 9.54. The number of aliphatic hydroxyl groups is 2. The molecule has 6 nitrogen and oxygen atoms in total. The molecule has 0 saturated carbocycles. The monoisotopic (exact) mass is 240 g/mol. The lowest BCUT2D eigenvalue weighted by molar-refractivity contribution is -0.384. The quantitative estimate of drug-likeness (QED) is 0.500. The van der Waals surface area contributed by atoms with Crippen molar-refractivity contribution in [3.8, 4) is 0 Å². The third kappa shape index (κ3) is 3.77. The average molecular weight is 240 g/mol. The van der Waals surface area contributed by atoms with Crippen molar-refractivity contribution in [1.29, 1.82) is 0 Å². The summed E-state index contributed by atoms with van der Waals surface area (Å²) in [4.78, 5) is 10.0. The predicted octanol–water partition coefficient (Wildman–Crippen LogP) is 0.599. The molecule has 0 aliphatic carbocycles. The number of hydrogen-bond donors (Lipinski definition) is 3. The summed E-state index contributed by atoms with van der Waals surface area (Å²) in [5, 5.41) is 31.3. The smallest absolute Gasteiger partial charge is 0.269 e. The van der Waals surface area contributed by atoms with E-state index in [1.165, 1.54) is 12.1 Å². The number of nitrogens with zero attached hydrogens (tertiary/aromatic N) is 1. The highest BCUT2D eigenvalue weighted by Crippen LogP contribution is 2.17. The number of non-ortho nitro benzene ring substituents is 1. The van der Waals surface area contributed by atoms with Crippen molar-refractivity contribution in [3.63, 3.8) is 0 Å². The summed E-state index contributed by atoms with van der Waals surface area (Å²) in [5.74, 6) is 0. The number of nitro benzene ring substituents is 1. The first kappa shape index (κ1) is 13.6. The standard InChI is InChI=1S/C11H16N2O4/c1-8(12-10(6-14)7-15)9-2-4-11(5-3-9)13(16)17/h2-5,8,10,12,14-15H,6-7H2,1H3. The summed E-state index contributed by atoms with van der Waals surface area (Å²) in [6.07, 6.45) is 0. The van der Waals surface area contributed by atoms with Crippen LogP contribution in [0, 0.1) is 10.1 Å². The number of aliphatic hydroxyl groups excluding tert-OH is 2. The normalized spacial score (nSPS) is 12.7. The predicted molar refractivity (Wildman–Crippen MR) is 62.6 cm³/mol. The summed E-state index contributed by atoms with van der Waals surface area (Å²) < 4.78 is 0. The van der Waals surface area contributed by atoms with Crippen molar-refractivity contribution < 1.29 is 15.1 Å². The fourth-order valence-corrected chi connectivity index (χ4v) is 1.50. The van der Waals surface area contributed by atoms with Gasteiger partial charge >= 0.3 is 0 Å². The van der Waals surface area contributed by atoms with Crippen LogP contribution in [0.5, 0.6) is 0 Å². The van der Waals surface area contributed by atoms with Gasteiger partial charge in [-0.25, -0.2) is 0 Å². The molecule has 1 aromatic rings. The largest absolute Gasteiger partial charge is 0.395 e. The Hall–Kier alpha value is -1.50. The molecule has 0 amide bonds. The van der Waals surface area contributed by atoms with Gasteiger partial charge in [0.1, 0.15) is 0 Å². The number of hydrogen-bond acceptors (Lipinski definition) is 5. The van der Waals surface area contributed by atoms with E-state index < -0.39 is 4.92 Å². The Morgan fingerprint density at radius 2 is 1.82 bits per heavy atom. The van der Waals surface area contributed by atoms with E-state index in [2.05, 4.69) is 5.32 Å². The molecule has 0 aromatic heterocycles. The van der Waals surface area contributed by atoms with E-state index in [-0.39, 0.29) is 31.0 Å². The maximum absolute atomic E-state index is 10.5. The Kier molecular flexibility index (Phi) is 5.02. The van der Waals surface area contributed by atoms with Crippen LogP contribution in [0.3, 0.4) is 0 Å². The van der Waals surface area contributed by atoms with Gasteiger partial charge in [0.15, 0.2) is 0 Å². The van der Waals surface area contributed by atoms with Gasteiger partial charge in [-0.2, -0.15) is 0 Å². The Balaban J connectivity index is 2.69. The zero-order valence-electron chi connectivity index (χ0n) is 9.54. The Morgan fingerprint density at radius 1 is 1.29 bits per heavy atom. The Morgan fingerprint density at radius 3 is 2.24 bits per heavy atom. The van der Waals surface area contributed by atoms with E-state index in [1.807, 2.05) is 6.92 Å². The molecule has 3 N–H and O–H groups in total. The summed E-state index contributed by atoms with van der Waals surface area (Å²) in [6.45, 7) is 1.54. The molecule has 6 heteroatoms. The molecule has 0 heterocycles. The van der Waals surface area contributed by atoms with E-state index in [0.29, 0.717) is 0 Å². The van der Waals surface area contributed by atoms with Gasteiger partial charge in [0, 0.05) is 18.2 Å². The van der Waals surface area contributed by atoms with Crippen molar-refractivity contribution in [2.24, 2.45) is 0 Å². The first-order chi connectivity index (χ1) is 8.08. The molecule has 0 fully saturated rings. The SMILES string of the molecule is CC(NC(CO)CO)c1ccc([N+](=O)[O-])cc1. The van der Waals surface area contributed by atoms with Gasteiger partial charge in [-0.1, -0.05) is 12.1 Å². The van der Waals surface area contributed by atoms with Crippen LogP contribution in [0.15, 0.2) is 24.3 Å². The number of nitrogens with one attached hydrogen (secondary N) is 1. The van der Waals surface area contributed by atoms with E-state index >= 15 is 0 Å². The first-order valence-corrected chi connectivity index (χ1v) is 5.30.